The van der Waals surface area contributed by atoms with E-state index in [2.05, 4.69) is 10.6 Å². The summed E-state index contributed by atoms with van der Waals surface area (Å²) in [4.78, 5) is 25.1. The number of amides is 3. The number of imide groups is 1. The van der Waals surface area contributed by atoms with E-state index in [9.17, 15) is 14.0 Å². The van der Waals surface area contributed by atoms with Crippen LogP contribution in [0.15, 0.2) is 18.2 Å². The molecule has 0 atom stereocenters. The van der Waals surface area contributed by atoms with Gasteiger partial charge in [0.05, 0.1) is 13.7 Å². The predicted octanol–water partition coefficient (Wildman–Crippen LogP) is 1.89. The van der Waals surface area contributed by atoms with Crippen LogP contribution >= 0.6 is 0 Å². The molecule has 0 spiro atoms. The van der Waals surface area contributed by atoms with Crippen LogP contribution in [-0.4, -0.2) is 43.1 Å². The van der Waals surface area contributed by atoms with Crippen molar-refractivity contribution in [1.82, 2.24) is 15.5 Å². The smallest absolute Gasteiger partial charge is 0.321 e. The maximum atomic E-state index is 13.6. The van der Waals surface area contributed by atoms with Gasteiger partial charge in [-0.05, 0) is 45.5 Å². The third-order valence-corrected chi connectivity index (χ3v) is 2.82. The molecule has 128 valence electrons. The molecule has 2 N–H and O–H groups in total. The van der Waals surface area contributed by atoms with E-state index in [0.29, 0.717) is 12.1 Å². The number of methoxy groups -OCH3 is 1. The minimum atomic E-state index is -0.536. The summed E-state index contributed by atoms with van der Waals surface area (Å²) in [5.41, 5.74) is 0.286. The molecule has 0 fully saturated rings. The van der Waals surface area contributed by atoms with Gasteiger partial charge in [0, 0.05) is 12.1 Å². The number of nitrogens with zero attached hydrogens (tertiary/aromatic N) is 1. The molecule has 0 unspecified atom stereocenters. The number of hydrogen-bond acceptors (Lipinski definition) is 4. The largest absolute Gasteiger partial charge is 0.494 e. The summed E-state index contributed by atoms with van der Waals surface area (Å²) >= 11 is 0. The second kappa shape index (κ2) is 7.92. The van der Waals surface area contributed by atoms with E-state index in [1.54, 1.807) is 18.0 Å². The Kier molecular flexibility index (Phi) is 6.50. The van der Waals surface area contributed by atoms with Crippen LogP contribution in [0.1, 0.15) is 26.3 Å². The van der Waals surface area contributed by atoms with Gasteiger partial charge in [0.1, 0.15) is 0 Å². The number of halogens is 1. The summed E-state index contributed by atoms with van der Waals surface area (Å²) in [6.07, 6.45) is 0. The SMILES string of the molecule is COc1ccc(CN(C)CC(=O)NC(=O)NC(C)(C)C)cc1F. The van der Waals surface area contributed by atoms with Crippen molar-refractivity contribution in [3.8, 4) is 5.75 Å². The molecule has 1 aromatic rings. The van der Waals surface area contributed by atoms with Gasteiger partial charge in [-0.3, -0.25) is 15.0 Å². The second-order valence-corrected chi connectivity index (χ2v) is 6.39. The first-order valence-corrected chi connectivity index (χ1v) is 7.23. The monoisotopic (exact) mass is 325 g/mol. The molecular weight excluding hydrogens is 301 g/mol. The molecule has 7 heteroatoms. The summed E-state index contributed by atoms with van der Waals surface area (Å²) in [7, 11) is 3.11. The molecule has 0 aromatic heterocycles. The Morgan fingerprint density at radius 2 is 1.96 bits per heavy atom. The fourth-order valence-corrected chi connectivity index (χ4v) is 1.96. The second-order valence-electron chi connectivity index (χ2n) is 6.39. The third-order valence-electron chi connectivity index (χ3n) is 2.82. The molecule has 0 aliphatic heterocycles. The molecule has 0 saturated heterocycles. The van der Waals surface area contributed by atoms with E-state index in [-0.39, 0.29) is 12.3 Å². The van der Waals surface area contributed by atoms with E-state index in [4.69, 9.17) is 4.74 Å². The molecule has 0 aliphatic carbocycles. The highest BCUT2D eigenvalue weighted by atomic mass is 19.1. The zero-order valence-electron chi connectivity index (χ0n) is 14.2. The topological polar surface area (TPSA) is 70.7 Å². The summed E-state index contributed by atoms with van der Waals surface area (Å²) in [5.74, 6) is -0.705. The number of hydrogen-bond donors (Lipinski definition) is 2. The average molecular weight is 325 g/mol. The number of benzene rings is 1. The van der Waals surface area contributed by atoms with Gasteiger partial charge in [0.25, 0.3) is 0 Å². The summed E-state index contributed by atoms with van der Waals surface area (Å²) in [5, 5.41) is 4.90. The van der Waals surface area contributed by atoms with Gasteiger partial charge in [0.15, 0.2) is 11.6 Å². The molecule has 0 aliphatic rings. The minimum Gasteiger partial charge on any atom is -0.494 e. The maximum absolute atomic E-state index is 13.6. The van der Waals surface area contributed by atoms with Crippen molar-refractivity contribution in [1.29, 1.82) is 0 Å². The van der Waals surface area contributed by atoms with Crippen LogP contribution in [0.4, 0.5) is 9.18 Å². The summed E-state index contributed by atoms with van der Waals surface area (Å²) in [6, 6.07) is 4.09. The number of carbonyl (C=O) groups is 2. The third kappa shape index (κ3) is 7.10. The normalized spacial score (nSPS) is 11.3. The van der Waals surface area contributed by atoms with Gasteiger partial charge < -0.3 is 10.1 Å². The Labute approximate surface area is 136 Å². The molecule has 0 radical (unpaired) electrons. The van der Waals surface area contributed by atoms with E-state index in [1.807, 2.05) is 20.8 Å². The van der Waals surface area contributed by atoms with Gasteiger partial charge in [-0.25, -0.2) is 9.18 Å². The number of ether oxygens (including phenoxy) is 1. The first-order valence-electron chi connectivity index (χ1n) is 7.23. The zero-order valence-corrected chi connectivity index (χ0v) is 14.2. The molecule has 0 bridgehead atoms. The fraction of sp³-hybridized carbons (Fsp3) is 0.500. The number of carbonyl (C=O) groups excluding carboxylic acids is 2. The van der Waals surface area contributed by atoms with Gasteiger partial charge in [0.2, 0.25) is 5.91 Å². The van der Waals surface area contributed by atoms with Gasteiger partial charge in [-0.2, -0.15) is 0 Å². The Bertz CT molecular complexity index is 570. The van der Waals surface area contributed by atoms with Crippen molar-refractivity contribution >= 4 is 11.9 Å². The number of rotatable bonds is 5. The van der Waals surface area contributed by atoms with E-state index >= 15 is 0 Å². The van der Waals surface area contributed by atoms with Crippen molar-refractivity contribution < 1.29 is 18.7 Å². The fourth-order valence-electron chi connectivity index (χ4n) is 1.96. The molecular formula is C16H24FN3O3. The van der Waals surface area contributed by atoms with Gasteiger partial charge in [-0.1, -0.05) is 6.07 Å². The Morgan fingerprint density at radius 1 is 1.30 bits per heavy atom. The average Bonchev–Trinajstić information content (AvgIpc) is 2.35. The highest BCUT2D eigenvalue weighted by Crippen LogP contribution is 2.18. The highest BCUT2D eigenvalue weighted by molar-refractivity contribution is 5.95. The molecule has 3 amide bonds. The number of likely N-dealkylation sites (N-methyl/N-ethyl adjacent to an activating group) is 1. The number of urea groups is 1. The molecule has 6 nitrogen and oxygen atoms in total. The lowest BCUT2D eigenvalue weighted by atomic mass is 10.1. The molecule has 1 aromatic carbocycles. The van der Waals surface area contributed by atoms with Crippen LogP contribution in [0.2, 0.25) is 0 Å². The van der Waals surface area contributed by atoms with Crippen molar-refractivity contribution in [2.45, 2.75) is 32.9 Å². The Balaban J connectivity index is 2.50. The number of nitrogens with one attached hydrogen (secondary N) is 2. The Hall–Kier alpha value is -2.15. The minimum absolute atomic E-state index is 0.0191. The maximum Gasteiger partial charge on any atom is 0.321 e. The van der Waals surface area contributed by atoms with Crippen molar-refractivity contribution in [2.75, 3.05) is 20.7 Å². The lowest BCUT2D eigenvalue weighted by molar-refractivity contribution is -0.121. The molecule has 23 heavy (non-hydrogen) atoms. The van der Waals surface area contributed by atoms with Crippen molar-refractivity contribution in [3.05, 3.63) is 29.6 Å². The van der Waals surface area contributed by atoms with Crippen LogP contribution in [0.3, 0.4) is 0 Å². The van der Waals surface area contributed by atoms with Gasteiger partial charge >= 0.3 is 6.03 Å². The highest BCUT2D eigenvalue weighted by Gasteiger charge is 2.16. The van der Waals surface area contributed by atoms with Crippen LogP contribution in [-0.2, 0) is 11.3 Å². The molecule has 0 saturated carbocycles. The van der Waals surface area contributed by atoms with E-state index in [0.717, 1.165) is 0 Å². The lowest BCUT2D eigenvalue weighted by Crippen LogP contribution is -2.50. The van der Waals surface area contributed by atoms with E-state index in [1.165, 1.54) is 19.2 Å². The van der Waals surface area contributed by atoms with E-state index < -0.39 is 23.3 Å². The first kappa shape index (κ1) is 18.9. The van der Waals surface area contributed by atoms with Crippen LogP contribution in [0, 0.1) is 5.82 Å². The quantitative estimate of drug-likeness (QED) is 0.867. The van der Waals surface area contributed by atoms with Crippen LogP contribution in [0.25, 0.3) is 0 Å². The van der Waals surface area contributed by atoms with Crippen molar-refractivity contribution in [3.63, 3.8) is 0 Å². The zero-order chi connectivity index (χ0) is 17.6. The van der Waals surface area contributed by atoms with Crippen LogP contribution in [0.5, 0.6) is 5.75 Å². The van der Waals surface area contributed by atoms with Gasteiger partial charge in [-0.15, -0.1) is 0 Å². The predicted molar refractivity (Wildman–Crippen MR) is 85.7 cm³/mol. The Morgan fingerprint density at radius 3 is 2.48 bits per heavy atom. The first-order chi connectivity index (χ1) is 10.6. The van der Waals surface area contributed by atoms with Crippen LogP contribution < -0.4 is 15.4 Å². The molecule has 1 rings (SSSR count). The summed E-state index contributed by atoms with van der Waals surface area (Å²) < 4.78 is 18.5. The summed E-state index contributed by atoms with van der Waals surface area (Å²) in [6.45, 7) is 5.85. The lowest BCUT2D eigenvalue weighted by Gasteiger charge is -2.21. The van der Waals surface area contributed by atoms with Crippen molar-refractivity contribution in [2.24, 2.45) is 0 Å². The standard InChI is InChI=1S/C16H24FN3O3/c1-16(2,3)19-15(22)18-14(21)10-20(4)9-11-6-7-13(23-5)12(17)8-11/h6-8H,9-10H2,1-5H3,(H2,18,19,21,22). The molecule has 0 heterocycles.